The van der Waals surface area contributed by atoms with Crippen LogP contribution in [0.5, 0.6) is 11.5 Å². The van der Waals surface area contributed by atoms with Crippen molar-refractivity contribution in [2.45, 2.75) is 50.7 Å². The van der Waals surface area contributed by atoms with Gasteiger partial charge in [0.2, 0.25) is 0 Å². The topological polar surface area (TPSA) is 168 Å². The molecule has 0 aliphatic carbocycles. The maximum atomic E-state index is 12.6. The number of ether oxygens (including phenoxy) is 2. The third kappa shape index (κ3) is 5.45. The van der Waals surface area contributed by atoms with Crippen LogP contribution in [-0.4, -0.2) is 55.5 Å². The Morgan fingerprint density at radius 3 is 1.12 bits per heavy atom. The van der Waals surface area contributed by atoms with Gasteiger partial charge >= 0.3 is 23.9 Å². The number of carboxylic acids is 4. The highest BCUT2D eigenvalue weighted by Crippen LogP contribution is 2.39. The maximum Gasteiger partial charge on any atom is 0.353 e. The molecule has 10 heteroatoms. The summed E-state index contributed by atoms with van der Waals surface area (Å²) in [5.74, 6) is -7.81. The monoisotopic (exact) mass is 474 g/mol. The van der Waals surface area contributed by atoms with Crippen LogP contribution in [0.4, 0.5) is 0 Å². The molecule has 0 fully saturated rings. The molecule has 0 aromatic heterocycles. The molecule has 0 aliphatic heterocycles. The Hall–Kier alpha value is -4.08. The van der Waals surface area contributed by atoms with E-state index in [9.17, 15) is 39.6 Å². The highest BCUT2D eigenvalue weighted by atomic mass is 16.6. The molecule has 2 atom stereocenters. The lowest BCUT2D eigenvalue weighted by Gasteiger charge is -2.42. The van der Waals surface area contributed by atoms with E-state index in [0.717, 1.165) is 11.1 Å². The van der Waals surface area contributed by atoms with Crippen molar-refractivity contribution in [1.82, 2.24) is 0 Å². The Balaban J connectivity index is 2.77. The summed E-state index contributed by atoms with van der Waals surface area (Å²) in [5.41, 5.74) is -4.59. The Labute approximate surface area is 195 Å². The zero-order valence-electron chi connectivity index (χ0n) is 18.7. The van der Waals surface area contributed by atoms with Crippen molar-refractivity contribution in [3.8, 4) is 11.5 Å². The van der Waals surface area contributed by atoms with Gasteiger partial charge in [0.05, 0.1) is 0 Å². The van der Waals surface area contributed by atoms with Gasteiger partial charge in [-0.3, -0.25) is 9.59 Å². The predicted octanol–water partition coefficient (Wildman–Crippen LogP) is 2.87. The summed E-state index contributed by atoms with van der Waals surface area (Å²) in [5, 5.41) is 39.4. The van der Waals surface area contributed by atoms with Crippen LogP contribution in [-0.2, 0) is 32.0 Å². The van der Waals surface area contributed by atoms with Gasteiger partial charge in [0, 0.05) is 0 Å². The van der Waals surface area contributed by atoms with Gasteiger partial charge in [-0.15, -0.1) is 0 Å². The Morgan fingerprint density at radius 1 is 0.618 bits per heavy atom. The van der Waals surface area contributed by atoms with Crippen molar-refractivity contribution in [3.05, 3.63) is 59.7 Å². The van der Waals surface area contributed by atoms with Crippen molar-refractivity contribution in [2.24, 2.45) is 0 Å². The smallest absolute Gasteiger partial charge is 0.353 e. The number of benzene rings is 2. The number of hydrogen-bond donors (Lipinski definition) is 4. The number of hydrogen-bond acceptors (Lipinski definition) is 6. The van der Waals surface area contributed by atoms with Crippen molar-refractivity contribution < 1.29 is 49.1 Å². The quantitative estimate of drug-likeness (QED) is 0.339. The summed E-state index contributed by atoms with van der Waals surface area (Å²) in [4.78, 5) is 48.7. The molecule has 0 saturated carbocycles. The van der Waals surface area contributed by atoms with Gasteiger partial charge in [-0.05, 0) is 48.2 Å². The standard InChI is InChI=1S/C24H26O10/c1-3-15-5-9-17(10-6-15)33-23(21(29)30,13-19(25)26)24(22(31)32,14-20(27)28)34-18-11-7-16(4-2)8-12-18/h5-12H,3-4,13-14H2,1-2H3,(H,25,26)(H,27,28)(H,29,30)(H,31,32). The fourth-order valence-corrected chi connectivity index (χ4v) is 3.52. The molecule has 2 unspecified atom stereocenters. The molecule has 0 saturated heterocycles. The number of rotatable bonds is 13. The predicted molar refractivity (Wildman–Crippen MR) is 118 cm³/mol. The first-order valence-corrected chi connectivity index (χ1v) is 10.5. The molecule has 0 radical (unpaired) electrons. The van der Waals surface area contributed by atoms with E-state index < -0.39 is 47.9 Å². The molecule has 0 amide bonds. The molecule has 0 heterocycles. The summed E-state index contributed by atoms with van der Waals surface area (Å²) >= 11 is 0. The lowest BCUT2D eigenvalue weighted by atomic mass is 9.76. The molecule has 10 nitrogen and oxygen atoms in total. The SMILES string of the molecule is CCc1ccc(OC(CC(=O)O)(C(=O)O)C(CC(=O)O)(Oc2ccc(CC)cc2)C(=O)O)cc1. The van der Waals surface area contributed by atoms with Gasteiger partial charge < -0.3 is 29.9 Å². The largest absolute Gasteiger partial charge is 0.481 e. The van der Waals surface area contributed by atoms with E-state index in [1.54, 1.807) is 24.3 Å². The van der Waals surface area contributed by atoms with Crippen LogP contribution in [0.3, 0.4) is 0 Å². The fourth-order valence-electron chi connectivity index (χ4n) is 3.52. The minimum absolute atomic E-state index is 0.165. The van der Waals surface area contributed by atoms with Crippen molar-refractivity contribution >= 4 is 23.9 Å². The summed E-state index contributed by atoms with van der Waals surface area (Å²) in [6.45, 7) is 3.75. The molecule has 2 rings (SSSR count). The molecule has 2 aromatic rings. The Bertz CT molecular complexity index is 959. The first kappa shape index (κ1) is 26.2. The van der Waals surface area contributed by atoms with Crippen LogP contribution >= 0.6 is 0 Å². The average molecular weight is 474 g/mol. The normalized spacial score (nSPS) is 14.3. The average Bonchev–Trinajstić information content (AvgIpc) is 2.78. The first-order chi connectivity index (χ1) is 16.0. The van der Waals surface area contributed by atoms with Gasteiger partial charge in [0.1, 0.15) is 24.3 Å². The van der Waals surface area contributed by atoms with Gasteiger partial charge in [-0.2, -0.15) is 0 Å². The van der Waals surface area contributed by atoms with Gasteiger partial charge in [-0.1, -0.05) is 38.1 Å². The van der Waals surface area contributed by atoms with Gasteiger partial charge in [0.15, 0.2) is 0 Å². The van der Waals surface area contributed by atoms with E-state index >= 15 is 0 Å². The summed E-state index contributed by atoms with van der Waals surface area (Å²) < 4.78 is 11.1. The summed E-state index contributed by atoms with van der Waals surface area (Å²) in [7, 11) is 0. The highest BCUT2D eigenvalue weighted by Gasteiger charge is 2.69. The van der Waals surface area contributed by atoms with Crippen LogP contribution in [0, 0.1) is 0 Å². The van der Waals surface area contributed by atoms with Crippen LogP contribution in [0.1, 0.15) is 37.8 Å². The van der Waals surface area contributed by atoms with E-state index in [1.165, 1.54) is 24.3 Å². The zero-order valence-corrected chi connectivity index (χ0v) is 18.7. The van der Waals surface area contributed by atoms with E-state index in [2.05, 4.69) is 0 Å². The van der Waals surface area contributed by atoms with Crippen molar-refractivity contribution in [3.63, 3.8) is 0 Å². The number of carbonyl (C=O) groups is 4. The molecule has 4 N–H and O–H groups in total. The van der Waals surface area contributed by atoms with Crippen molar-refractivity contribution in [2.75, 3.05) is 0 Å². The first-order valence-electron chi connectivity index (χ1n) is 10.5. The van der Waals surface area contributed by atoms with Crippen molar-refractivity contribution in [1.29, 1.82) is 0 Å². The molecule has 0 aliphatic rings. The fraction of sp³-hybridized carbons (Fsp3) is 0.333. The highest BCUT2D eigenvalue weighted by molar-refractivity contribution is 5.97. The summed E-state index contributed by atoms with van der Waals surface area (Å²) in [6, 6.07) is 11.8. The second kappa shape index (κ2) is 10.7. The van der Waals surface area contributed by atoms with Gasteiger partial charge in [-0.25, -0.2) is 9.59 Å². The van der Waals surface area contributed by atoms with Crippen LogP contribution in [0.25, 0.3) is 0 Å². The molecule has 34 heavy (non-hydrogen) atoms. The zero-order chi connectivity index (χ0) is 25.5. The minimum Gasteiger partial charge on any atom is -0.481 e. The number of aliphatic carboxylic acids is 4. The Kier molecular flexibility index (Phi) is 8.23. The molecular formula is C24H26O10. The van der Waals surface area contributed by atoms with Crippen LogP contribution in [0.2, 0.25) is 0 Å². The number of aryl methyl sites for hydroxylation is 2. The number of carboxylic acid groups (broad SMARTS) is 4. The van der Waals surface area contributed by atoms with E-state index in [0.29, 0.717) is 12.8 Å². The lowest BCUT2D eigenvalue weighted by Crippen LogP contribution is -2.71. The van der Waals surface area contributed by atoms with Crippen LogP contribution < -0.4 is 9.47 Å². The maximum absolute atomic E-state index is 12.6. The molecule has 0 spiro atoms. The third-order valence-corrected chi connectivity index (χ3v) is 5.39. The molecule has 0 bridgehead atoms. The lowest BCUT2D eigenvalue weighted by molar-refractivity contribution is -0.202. The molecular weight excluding hydrogens is 448 g/mol. The van der Waals surface area contributed by atoms with Gasteiger partial charge in [0.25, 0.3) is 11.2 Å². The molecule has 182 valence electrons. The summed E-state index contributed by atoms with van der Waals surface area (Å²) in [6.07, 6.45) is -1.50. The second-order valence-corrected chi connectivity index (χ2v) is 7.60. The van der Waals surface area contributed by atoms with E-state index in [1.807, 2.05) is 13.8 Å². The second-order valence-electron chi connectivity index (χ2n) is 7.60. The Morgan fingerprint density at radius 2 is 0.912 bits per heavy atom. The third-order valence-electron chi connectivity index (χ3n) is 5.39. The van der Waals surface area contributed by atoms with E-state index in [-0.39, 0.29) is 11.5 Å². The molecule has 2 aromatic carbocycles. The van der Waals surface area contributed by atoms with Crippen LogP contribution in [0.15, 0.2) is 48.5 Å². The van der Waals surface area contributed by atoms with E-state index in [4.69, 9.17) is 9.47 Å². The minimum atomic E-state index is -3.15.